The summed E-state index contributed by atoms with van der Waals surface area (Å²) in [6.45, 7) is 9.17. The summed E-state index contributed by atoms with van der Waals surface area (Å²) in [4.78, 5) is 18.6. The number of rotatable bonds is 7. The number of hydrogen-bond donors (Lipinski definition) is 1. The third kappa shape index (κ3) is 5.46. The Hall–Kier alpha value is -2.08. The number of benzene rings is 1. The molecule has 7 heteroatoms. The van der Waals surface area contributed by atoms with Crippen molar-refractivity contribution >= 4 is 17.6 Å². The Morgan fingerprint density at radius 1 is 1.35 bits per heavy atom. The van der Waals surface area contributed by atoms with Gasteiger partial charge < -0.3 is 14.8 Å². The molecule has 0 aliphatic rings. The van der Waals surface area contributed by atoms with Crippen LogP contribution in [0.5, 0.6) is 0 Å². The Kier molecular flexibility index (Phi) is 7.03. The van der Waals surface area contributed by atoms with Crippen molar-refractivity contribution in [2.24, 2.45) is 5.92 Å². The quantitative estimate of drug-likeness (QED) is 0.778. The fourth-order valence-corrected chi connectivity index (χ4v) is 2.88. The number of amides is 2. The topological polar surface area (TPSA) is 50.2 Å². The molecule has 0 saturated carbocycles. The van der Waals surface area contributed by atoms with E-state index in [1.165, 1.54) is 6.07 Å². The molecule has 1 heterocycles. The predicted molar refractivity (Wildman–Crippen MR) is 102 cm³/mol. The highest BCUT2D eigenvalue weighted by molar-refractivity contribution is 6.31. The molecule has 0 saturated heterocycles. The fourth-order valence-electron chi connectivity index (χ4n) is 2.66. The molecule has 26 heavy (non-hydrogen) atoms. The molecule has 1 aromatic heterocycles. The second-order valence-electron chi connectivity index (χ2n) is 7.05. The normalized spacial score (nSPS) is 11.2. The van der Waals surface area contributed by atoms with Crippen molar-refractivity contribution in [3.05, 3.63) is 52.8 Å². The molecular weight excluding hydrogens is 355 g/mol. The van der Waals surface area contributed by atoms with Gasteiger partial charge >= 0.3 is 6.03 Å². The first-order chi connectivity index (χ1) is 12.3. The van der Waals surface area contributed by atoms with Crippen molar-refractivity contribution < 1.29 is 9.18 Å². The summed E-state index contributed by atoms with van der Waals surface area (Å²) in [5.74, 6) is 0.648. The number of aromatic nitrogens is 2. The minimum absolute atomic E-state index is 0.0501. The van der Waals surface area contributed by atoms with Gasteiger partial charge in [-0.05, 0) is 31.9 Å². The summed E-state index contributed by atoms with van der Waals surface area (Å²) in [6.07, 6.45) is 3.42. The number of hydrogen-bond acceptors (Lipinski definition) is 2. The van der Waals surface area contributed by atoms with E-state index in [9.17, 15) is 9.18 Å². The largest absolute Gasteiger partial charge is 0.336 e. The number of imidazole rings is 1. The second kappa shape index (κ2) is 9.03. The van der Waals surface area contributed by atoms with Crippen LogP contribution in [0.1, 0.15) is 39.1 Å². The molecule has 2 aromatic rings. The maximum Gasteiger partial charge on any atom is 0.318 e. The molecule has 0 atom stereocenters. The van der Waals surface area contributed by atoms with Crippen molar-refractivity contribution in [1.82, 2.24) is 19.8 Å². The average molecular weight is 381 g/mol. The summed E-state index contributed by atoms with van der Waals surface area (Å²) in [5.41, 5.74) is 0.412. The molecule has 1 N–H and O–H groups in total. The molecule has 142 valence electrons. The molecule has 2 amide bonds. The molecule has 0 spiro atoms. The van der Waals surface area contributed by atoms with Gasteiger partial charge in [-0.3, -0.25) is 0 Å². The minimum Gasteiger partial charge on any atom is -0.336 e. The van der Waals surface area contributed by atoms with E-state index in [2.05, 4.69) is 24.1 Å². The van der Waals surface area contributed by atoms with Gasteiger partial charge in [0.25, 0.3) is 0 Å². The molecule has 0 fully saturated rings. The molecule has 0 unspecified atom stereocenters. The van der Waals surface area contributed by atoms with Crippen molar-refractivity contribution in [3.63, 3.8) is 0 Å². The van der Waals surface area contributed by atoms with E-state index in [1.54, 1.807) is 29.4 Å². The monoisotopic (exact) mass is 380 g/mol. The number of halogens is 2. The lowest BCUT2D eigenvalue weighted by atomic mass is 10.2. The Morgan fingerprint density at radius 2 is 2.08 bits per heavy atom. The van der Waals surface area contributed by atoms with Crippen molar-refractivity contribution in [3.8, 4) is 0 Å². The van der Waals surface area contributed by atoms with E-state index < -0.39 is 0 Å². The van der Waals surface area contributed by atoms with E-state index in [1.807, 2.05) is 18.4 Å². The van der Waals surface area contributed by atoms with Gasteiger partial charge in [0.15, 0.2) is 0 Å². The Labute approximate surface area is 159 Å². The van der Waals surface area contributed by atoms with Crippen molar-refractivity contribution in [2.45, 2.75) is 46.8 Å². The van der Waals surface area contributed by atoms with E-state index in [-0.39, 0.29) is 24.4 Å². The van der Waals surface area contributed by atoms with Gasteiger partial charge in [0.05, 0.1) is 13.1 Å². The van der Waals surface area contributed by atoms with Crippen LogP contribution < -0.4 is 5.32 Å². The van der Waals surface area contributed by atoms with Gasteiger partial charge in [-0.25, -0.2) is 14.2 Å². The fraction of sp³-hybridized carbons (Fsp3) is 0.474. The second-order valence-corrected chi connectivity index (χ2v) is 7.46. The highest BCUT2D eigenvalue weighted by atomic mass is 35.5. The molecule has 1 aromatic carbocycles. The van der Waals surface area contributed by atoms with Gasteiger partial charge in [-0.2, -0.15) is 0 Å². The molecule has 0 aliphatic carbocycles. The first kappa shape index (κ1) is 20.2. The molecular formula is C19H26ClFN4O. The summed E-state index contributed by atoms with van der Waals surface area (Å²) in [7, 11) is 0. The summed E-state index contributed by atoms with van der Waals surface area (Å²) >= 11 is 6.13. The van der Waals surface area contributed by atoms with Gasteiger partial charge in [0.2, 0.25) is 0 Å². The molecule has 0 radical (unpaired) electrons. The zero-order chi connectivity index (χ0) is 19.3. The minimum atomic E-state index is -0.353. The van der Waals surface area contributed by atoms with Crippen LogP contribution in [0.3, 0.4) is 0 Å². The van der Waals surface area contributed by atoms with E-state index >= 15 is 0 Å². The Bertz CT molecular complexity index is 725. The van der Waals surface area contributed by atoms with Crippen LogP contribution in [-0.4, -0.2) is 33.1 Å². The SMILES string of the molecule is CC(C)CN(Cc1nccn1Cc1c(F)cccc1Cl)C(=O)NC(C)C. The highest BCUT2D eigenvalue weighted by Crippen LogP contribution is 2.21. The van der Waals surface area contributed by atoms with Crippen LogP contribution >= 0.6 is 11.6 Å². The number of carbonyl (C=O) groups is 1. The van der Waals surface area contributed by atoms with Crippen LogP contribution in [0, 0.1) is 11.7 Å². The average Bonchev–Trinajstić information content (AvgIpc) is 2.96. The Morgan fingerprint density at radius 3 is 2.69 bits per heavy atom. The standard InChI is InChI=1S/C19H26ClFN4O/c1-13(2)10-25(19(26)23-14(3)4)12-18-22-8-9-24(18)11-15-16(20)6-5-7-17(15)21/h5-9,13-14H,10-12H2,1-4H3,(H,23,26). The van der Waals surface area contributed by atoms with Gasteiger partial charge in [0, 0.05) is 35.6 Å². The third-order valence-electron chi connectivity index (χ3n) is 3.81. The van der Waals surface area contributed by atoms with Gasteiger partial charge in [0.1, 0.15) is 11.6 Å². The molecule has 5 nitrogen and oxygen atoms in total. The lowest BCUT2D eigenvalue weighted by Crippen LogP contribution is -2.44. The zero-order valence-electron chi connectivity index (χ0n) is 15.7. The van der Waals surface area contributed by atoms with Crippen molar-refractivity contribution in [2.75, 3.05) is 6.54 Å². The van der Waals surface area contributed by atoms with Crippen LogP contribution in [0.4, 0.5) is 9.18 Å². The highest BCUT2D eigenvalue weighted by Gasteiger charge is 2.19. The number of urea groups is 1. The van der Waals surface area contributed by atoms with Gasteiger partial charge in [-0.1, -0.05) is 31.5 Å². The van der Waals surface area contributed by atoms with E-state index in [0.717, 1.165) is 0 Å². The van der Waals surface area contributed by atoms with Crippen LogP contribution in [0.25, 0.3) is 0 Å². The first-order valence-corrected chi connectivity index (χ1v) is 9.14. The van der Waals surface area contributed by atoms with Crippen LogP contribution in [0.15, 0.2) is 30.6 Å². The number of nitrogens with zero attached hydrogens (tertiary/aromatic N) is 3. The zero-order valence-corrected chi connectivity index (χ0v) is 16.4. The maximum absolute atomic E-state index is 14.1. The van der Waals surface area contributed by atoms with Crippen LogP contribution in [-0.2, 0) is 13.1 Å². The summed E-state index contributed by atoms with van der Waals surface area (Å²) in [5, 5.41) is 3.29. The molecule has 0 aliphatic heterocycles. The summed E-state index contributed by atoms with van der Waals surface area (Å²) in [6, 6.07) is 4.55. The van der Waals surface area contributed by atoms with E-state index in [4.69, 9.17) is 11.6 Å². The lowest BCUT2D eigenvalue weighted by Gasteiger charge is -2.26. The third-order valence-corrected chi connectivity index (χ3v) is 4.16. The molecule has 0 bridgehead atoms. The van der Waals surface area contributed by atoms with Crippen molar-refractivity contribution in [1.29, 1.82) is 0 Å². The number of nitrogens with one attached hydrogen (secondary N) is 1. The summed E-state index contributed by atoms with van der Waals surface area (Å²) < 4.78 is 15.9. The smallest absolute Gasteiger partial charge is 0.318 e. The lowest BCUT2D eigenvalue weighted by molar-refractivity contribution is 0.183. The number of carbonyl (C=O) groups excluding carboxylic acids is 1. The maximum atomic E-state index is 14.1. The first-order valence-electron chi connectivity index (χ1n) is 8.76. The van der Waals surface area contributed by atoms with E-state index in [0.29, 0.717) is 35.4 Å². The van der Waals surface area contributed by atoms with Gasteiger partial charge in [-0.15, -0.1) is 0 Å². The Balaban J connectivity index is 2.20. The van der Waals surface area contributed by atoms with Crippen LogP contribution in [0.2, 0.25) is 5.02 Å². The predicted octanol–water partition coefficient (Wildman–Crippen LogP) is 4.30. The molecule has 2 rings (SSSR count).